The molecule has 0 fully saturated rings. The summed E-state index contributed by atoms with van der Waals surface area (Å²) in [7, 11) is 0. The second kappa shape index (κ2) is 5.66. The van der Waals surface area contributed by atoms with Crippen LogP contribution < -0.4 is 11.3 Å². The van der Waals surface area contributed by atoms with Gasteiger partial charge in [-0.2, -0.15) is 0 Å². The maximum absolute atomic E-state index is 10.8. The Morgan fingerprint density at radius 1 is 1.69 bits per heavy atom. The van der Waals surface area contributed by atoms with E-state index in [1.807, 2.05) is 13.8 Å². The van der Waals surface area contributed by atoms with E-state index in [0.29, 0.717) is 10.8 Å². The van der Waals surface area contributed by atoms with Crippen LogP contribution >= 0.6 is 11.8 Å². The van der Waals surface area contributed by atoms with Crippen molar-refractivity contribution in [2.24, 2.45) is 5.84 Å². The molecule has 0 amide bonds. The Bertz CT molecular complexity index is 386. The predicted octanol–water partition coefficient (Wildman–Crippen LogP) is 2.17. The van der Waals surface area contributed by atoms with Gasteiger partial charge in [0, 0.05) is 11.3 Å². The van der Waals surface area contributed by atoms with Gasteiger partial charge in [-0.1, -0.05) is 25.6 Å². The quantitative estimate of drug-likeness (QED) is 0.355. The highest BCUT2D eigenvalue weighted by atomic mass is 32.2. The van der Waals surface area contributed by atoms with Crippen molar-refractivity contribution >= 4 is 23.3 Å². The van der Waals surface area contributed by atoms with E-state index >= 15 is 0 Å². The molecule has 0 bridgehead atoms. The van der Waals surface area contributed by atoms with Gasteiger partial charge in [0.05, 0.1) is 4.92 Å². The summed E-state index contributed by atoms with van der Waals surface area (Å²) in [5.74, 6) is 5.64. The number of thioether (sulfide) groups is 1. The summed E-state index contributed by atoms with van der Waals surface area (Å²) in [5, 5.41) is 11.5. The summed E-state index contributed by atoms with van der Waals surface area (Å²) in [4.78, 5) is 14.4. The van der Waals surface area contributed by atoms with Crippen LogP contribution in [0.4, 0.5) is 11.5 Å². The SMILES string of the molecule is CCC(C)Sc1nc(NN)ccc1[N+](=O)[O-]. The zero-order chi connectivity index (χ0) is 12.1. The molecule has 0 saturated heterocycles. The van der Waals surface area contributed by atoms with E-state index in [1.165, 1.54) is 23.9 Å². The number of anilines is 1. The van der Waals surface area contributed by atoms with Gasteiger partial charge in [-0.15, -0.1) is 0 Å². The minimum absolute atomic E-state index is 0.0179. The summed E-state index contributed by atoms with van der Waals surface area (Å²) in [6, 6.07) is 2.89. The Labute approximate surface area is 97.7 Å². The molecule has 1 aromatic rings. The summed E-state index contributed by atoms with van der Waals surface area (Å²) in [6.07, 6.45) is 0.920. The molecule has 0 aromatic carbocycles. The van der Waals surface area contributed by atoms with Crippen molar-refractivity contribution in [1.82, 2.24) is 4.98 Å². The van der Waals surface area contributed by atoms with Crippen molar-refractivity contribution in [2.75, 3.05) is 5.43 Å². The maximum atomic E-state index is 10.8. The summed E-state index contributed by atoms with van der Waals surface area (Å²) in [6.45, 7) is 4.02. The third-order valence-corrected chi connectivity index (χ3v) is 3.33. The first-order chi connectivity index (χ1) is 7.58. The number of aromatic nitrogens is 1. The lowest BCUT2D eigenvalue weighted by molar-refractivity contribution is -0.388. The monoisotopic (exact) mass is 242 g/mol. The first-order valence-corrected chi connectivity index (χ1v) is 5.75. The van der Waals surface area contributed by atoms with Gasteiger partial charge in [0.25, 0.3) is 0 Å². The maximum Gasteiger partial charge on any atom is 0.301 e. The van der Waals surface area contributed by atoms with Gasteiger partial charge in [-0.05, 0) is 12.5 Å². The van der Waals surface area contributed by atoms with Crippen LogP contribution in [0, 0.1) is 10.1 Å². The number of pyridine rings is 1. The Balaban J connectivity index is 3.05. The molecule has 1 unspecified atom stereocenters. The zero-order valence-corrected chi connectivity index (χ0v) is 9.95. The van der Waals surface area contributed by atoms with Crippen LogP contribution in [-0.4, -0.2) is 15.2 Å². The molecule has 1 heterocycles. The fourth-order valence-corrected chi connectivity index (χ4v) is 1.98. The van der Waals surface area contributed by atoms with E-state index in [2.05, 4.69) is 10.4 Å². The number of nitrogens with zero attached hydrogens (tertiary/aromatic N) is 2. The Morgan fingerprint density at radius 3 is 2.88 bits per heavy atom. The van der Waals surface area contributed by atoms with Crippen molar-refractivity contribution in [2.45, 2.75) is 30.5 Å². The molecule has 0 aliphatic heterocycles. The number of nitrogens with two attached hydrogens (primary N) is 1. The Morgan fingerprint density at radius 2 is 2.38 bits per heavy atom. The number of hydrogen-bond acceptors (Lipinski definition) is 6. The molecule has 6 nitrogen and oxygen atoms in total. The molecule has 1 atom stereocenters. The van der Waals surface area contributed by atoms with Gasteiger partial charge in [0.2, 0.25) is 0 Å². The van der Waals surface area contributed by atoms with Gasteiger partial charge in [-0.25, -0.2) is 10.8 Å². The minimum Gasteiger partial charge on any atom is -0.308 e. The lowest BCUT2D eigenvalue weighted by Gasteiger charge is -2.08. The normalized spacial score (nSPS) is 12.2. The van der Waals surface area contributed by atoms with E-state index in [9.17, 15) is 10.1 Å². The van der Waals surface area contributed by atoms with Crippen LogP contribution in [0.3, 0.4) is 0 Å². The molecule has 0 aliphatic carbocycles. The molecule has 1 rings (SSSR count). The largest absolute Gasteiger partial charge is 0.308 e. The first kappa shape index (κ1) is 12.7. The molecule has 0 spiro atoms. The van der Waals surface area contributed by atoms with Gasteiger partial charge >= 0.3 is 5.69 Å². The molecule has 7 heteroatoms. The Kier molecular flexibility index (Phi) is 4.51. The van der Waals surface area contributed by atoms with E-state index in [0.717, 1.165) is 6.42 Å². The lowest BCUT2D eigenvalue weighted by Crippen LogP contribution is -2.09. The van der Waals surface area contributed by atoms with Crippen LogP contribution in [0.25, 0.3) is 0 Å². The highest BCUT2D eigenvalue weighted by Crippen LogP contribution is 2.32. The van der Waals surface area contributed by atoms with Crippen LogP contribution in [0.15, 0.2) is 17.2 Å². The highest BCUT2D eigenvalue weighted by Gasteiger charge is 2.18. The minimum atomic E-state index is -0.433. The van der Waals surface area contributed by atoms with Gasteiger partial charge in [-0.3, -0.25) is 10.1 Å². The summed E-state index contributed by atoms with van der Waals surface area (Å²) >= 11 is 1.38. The van der Waals surface area contributed by atoms with Crippen LogP contribution in [0.1, 0.15) is 20.3 Å². The van der Waals surface area contributed by atoms with Crippen molar-refractivity contribution in [3.05, 3.63) is 22.2 Å². The van der Waals surface area contributed by atoms with Crippen LogP contribution in [0.5, 0.6) is 0 Å². The summed E-state index contributed by atoms with van der Waals surface area (Å²) in [5.41, 5.74) is 2.40. The number of hydrogen-bond donors (Lipinski definition) is 2. The molecule has 3 N–H and O–H groups in total. The topological polar surface area (TPSA) is 94.1 Å². The van der Waals surface area contributed by atoms with Gasteiger partial charge < -0.3 is 5.43 Å². The van der Waals surface area contributed by atoms with Crippen molar-refractivity contribution in [1.29, 1.82) is 0 Å². The van der Waals surface area contributed by atoms with Gasteiger partial charge in [0.15, 0.2) is 5.03 Å². The molecular formula is C9H14N4O2S. The number of rotatable bonds is 5. The van der Waals surface area contributed by atoms with E-state index < -0.39 is 4.92 Å². The summed E-state index contributed by atoms with van der Waals surface area (Å²) < 4.78 is 0. The number of hydrazine groups is 1. The van der Waals surface area contributed by atoms with Crippen LogP contribution in [0.2, 0.25) is 0 Å². The predicted molar refractivity (Wildman–Crippen MR) is 64.3 cm³/mol. The number of nitrogens with one attached hydrogen (secondary N) is 1. The molecule has 0 radical (unpaired) electrons. The molecule has 0 aliphatic rings. The third-order valence-electron chi connectivity index (χ3n) is 2.07. The van der Waals surface area contributed by atoms with E-state index in [1.54, 1.807) is 0 Å². The van der Waals surface area contributed by atoms with E-state index in [4.69, 9.17) is 5.84 Å². The fraction of sp³-hybridized carbons (Fsp3) is 0.444. The standard InChI is InChI=1S/C9H14N4O2S/c1-3-6(2)16-9-7(13(14)15)4-5-8(11-9)12-10/h4-6H,3,10H2,1-2H3,(H,11,12). The third kappa shape index (κ3) is 3.07. The average molecular weight is 242 g/mol. The van der Waals surface area contributed by atoms with Crippen LogP contribution in [-0.2, 0) is 0 Å². The lowest BCUT2D eigenvalue weighted by atomic mass is 10.4. The Hall–Kier alpha value is -1.34. The first-order valence-electron chi connectivity index (χ1n) is 4.87. The second-order valence-corrected chi connectivity index (χ2v) is 4.69. The molecule has 0 saturated carbocycles. The van der Waals surface area contributed by atoms with Crippen molar-refractivity contribution < 1.29 is 4.92 Å². The molecule has 88 valence electrons. The molecule has 16 heavy (non-hydrogen) atoms. The fourth-order valence-electron chi connectivity index (χ4n) is 1.01. The average Bonchev–Trinajstić information content (AvgIpc) is 2.28. The number of nitrogen functional groups attached to an aromatic ring is 1. The zero-order valence-electron chi connectivity index (χ0n) is 9.14. The van der Waals surface area contributed by atoms with Gasteiger partial charge in [0.1, 0.15) is 5.82 Å². The second-order valence-electron chi connectivity index (χ2n) is 3.26. The van der Waals surface area contributed by atoms with Crippen molar-refractivity contribution in [3.8, 4) is 0 Å². The van der Waals surface area contributed by atoms with E-state index in [-0.39, 0.29) is 10.9 Å². The highest BCUT2D eigenvalue weighted by molar-refractivity contribution is 8.00. The van der Waals surface area contributed by atoms with Crippen molar-refractivity contribution in [3.63, 3.8) is 0 Å². The smallest absolute Gasteiger partial charge is 0.301 e. The molecular weight excluding hydrogens is 228 g/mol. The number of nitro groups is 1. The molecule has 1 aromatic heterocycles.